The van der Waals surface area contributed by atoms with Crippen LogP contribution in [0.4, 0.5) is 0 Å². The molecule has 0 aliphatic heterocycles. The molecule has 0 fully saturated rings. The van der Waals surface area contributed by atoms with Gasteiger partial charge in [-0.3, -0.25) is 9.59 Å². The van der Waals surface area contributed by atoms with Gasteiger partial charge in [-0.25, -0.2) is 0 Å². The Hall–Kier alpha value is -1.58. The zero-order valence-electron chi connectivity index (χ0n) is 8.33. The molecule has 0 aliphatic carbocycles. The van der Waals surface area contributed by atoms with E-state index < -0.39 is 11.4 Å². The van der Waals surface area contributed by atoms with Crippen molar-refractivity contribution in [2.24, 2.45) is 0 Å². The molecular formula is C10H12O4. The first kappa shape index (κ1) is 10.5. The van der Waals surface area contributed by atoms with Gasteiger partial charge in [-0.2, -0.15) is 0 Å². The van der Waals surface area contributed by atoms with E-state index in [1.807, 2.05) is 0 Å². The predicted octanol–water partition coefficient (Wildman–Crippen LogP) is 1.31. The fourth-order valence-corrected chi connectivity index (χ4v) is 1.37. The summed E-state index contributed by atoms with van der Waals surface area (Å²) in [7, 11) is 0. The van der Waals surface area contributed by atoms with Crippen LogP contribution in [0, 0.1) is 6.92 Å². The van der Waals surface area contributed by atoms with Crippen LogP contribution in [-0.2, 0) is 10.2 Å². The number of carbonyl (C=O) groups is 1. The van der Waals surface area contributed by atoms with Crippen molar-refractivity contribution in [3.05, 3.63) is 33.9 Å². The van der Waals surface area contributed by atoms with Crippen molar-refractivity contribution in [3.63, 3.8) is 0 Å². The van der Waals surface area contributed by atoms with Crippen molar-refractivity contribution >= 4 is 5.97 Å². The molecule has 0 atom stereocenters. The molecule has 0 spiro atoms. The smallest absolute Gasteiger partial charge is 0.313 e. The number of hydrogen-bond donors (Lipinski definition) is 1. The molecule has 4 heteroatoms. The number of rotatable bonds is 2. The molecule has 0 saturated heterocycles. The van der Waals surface area contributed by atoms with Crippen LogP contribution in [-0.4, -0.2) is 11.1 Å². The highest BCUT2D eigenvalue weighted by molar-refractivity contribution is 5.80. The fourth-order valence-electron chi connectivity index (χ4n) is 1.37. The summed E-state index contributed by atoms with van der Waals surface area (Å²) in [6.07, 6.45) is 1.26. The van der Waals surface area contributed by atoms with Gasteiger partial charge in [0.25, 0.3) is 0 Å². The molecule has 1 aromatic rings. The summed E-state index contributed by atoms with van der Waals surface area (Å²) < 4.78 is 5.01. The molecule has 0 amide bonds. The van der Waals surface area contributed by atoms with Crippen molar-refractivity contribution in [2.45, 2.75) is 26.2 Å². The van der Waals surface area contributed by atoms with Crippen LogP contribution in [0.2, 0.25) is 0 Å². The van der Waals surface area contributed by atoms with Crippen LogP contribution in [0.25, 0.3) is 0 Å². The van der Waals surface area contributed by atoms with Crippen LogP contribution in [0.3, 0.4) is 0 Å². The predicted molar refractivity (Wildman–Crippen MR) is 50.4 cm³/mol. The van der Waals surface area contributed by atoms with E-state index in [4.69, 9.17) is 9.52 Å². The summed E-state index contributed by atoms with van der Waals surface area (Å²) in [6, 6.07) is 1.23. The number of carboxylic acids is 1. The highest BCUT2D eigenvalue weighted by Crippen LogP contribution is 2.22. The van der Waals surface area contributed by atoms with E-state index in [2.05, 4.69) is 0 Å². The minimum atomic E-state index is -1.22. The summed E-state index contributed by atoms with van der Waals surface area (Å²) in [5.41, 5.74) is -1.32. The second-order valence-electron chi connectivity index (χ2n) is 3.65. The molecule has 14 heavy (non-hydrogen) atoms. The second-order valence-corrected chi connectivity index (χ2v) is 3.65. The Morgan fingerprint density at radius 3 is 2.50 bits per heavy atom. The lowest BCUT2D eigenvalue weighted by Gasteiger charge is -2.19. The van der Waals surface area contributed by atoms with E-state index in [1.54, 1.807) is 6.92 Å². The van der Waals surface area contributed by atoms with Gasteiger partial charge in [-0.1, -0.05) is 0 Å². The van der Waals surface area contributed by atoms with E-state index >= 15 is 0 Å². The van der Waals surface area contributed by atoms with E-state index in [9.17, 15) is 9.59 Å². The maximum Gasteiger partial charge on any atom is 0.313 e. The Bertz CT molecular complexity index is 414. The summed E-state index contributed by atoms with van der Waals surface area (Å²) in [5.74, 6) is -0.691. The molecule has 1 aromatic heterocycles. The first-order valence-electron chi connectivity index (χ1n) is 4.19. The summed E-state index contributed by atoms with van der Waals surface area (Å²) >= 11 is 0. The van der Waals surface area contributed by atoms with Crippen molar-refractivity contribution < 1.29 is 14.3 Å². The van der Waals surface area contributed by atoms with Gasteiger partial charge in [0.1, 0.15) is 5.76 Å². The highest BCUT2D eigenvalue weighted by atomic mass is 16.4. The second kappa shape index (κ2) is 3.29. The van der Waals surface area contributed by atoms with Crippen molar-refractivity contribution in [3.8, 4) is 0 Å². The monoisotopic (exact) mass is 196 g/mol. The van der Waals surface area contributed by atoms with E-state index in [1.165, 1.54) is 26.2 Å². The molecule has 0 unspecified atom stereocenters. The average molecular weight is 196 g/mol. The van der Waals surface area contributed by atoms with Crippen LogP contribution in [0.1, 0.15) is 25.2 Å². The van der Waals surface area contributed by atoms with Crippen molar-refractivity contribution in [2.75, 3.05) is 0 Å². The zero-order valence-corrected chi connectivity index (χ0v) is 8.33. The number of carboxylic acid groups (broad SMARTS) is 1. The summed E-state index contributed by atoms with van der Waals surface area (Å²) in [5, 5.41) is 8.96. The lowest BCUT2D eigenvalue weighted by molar-refractivity contribution is -0.142. The van der Waals surface area contributed by atoms with Gasteiger partial charge < -0.3 is 9.52 Å². The van der Waals surface area contributed by atoms with Gasteiger partial charge >= 0.3 is 5.97 Å². The average Bonchev–Trinajstić information content (AvgIpc) is 2.02. The summed E-state index contributed by atoms with van der Waals surface area (Å²) in [4.78, 5) is 22.4. The Balaban J connectivity index is 3.46. The Kier molecular flexibility index (Phi) is 2.47. The number of aryl methyl sites for hydroxylation is 1. The Morgan fingerprint density at radius 2 is 2.07 bits per heavy atom. The maximum atomic E-state index is 11.5. The third-order valence-corrected chi connectivity index (χ3v) is 2.22. The minimum absolute atomic E-state index is 0.201. The first-order chi connectivity index (χ1) is 6.37. The standard InChI is InChI=1S/C10H12O4/c1-6-8(7(11)4-5-14-6)10(2,3)9(12)13/h4-5H,1-3H3,(H,12,13). The molecule has 0 bridgehead atoms. The van der Waals surface area contributed by atoms with E-state index in [0.717, 1.165) is 0 Å². The molecule has 0 aromatic carbocycles. The highest BCUT2D eigenvalue weighted by Gasteiger charge is 2.34. The van der Waals surface area contributed by atoms with Crippen molar-refractivity contribution in [1.82, 2.24) is 0 Å². The molecule has 1 heterocycles. The quantitative estimate of drug-likeness (QED) is 0.774. The van der Waals surface area contributed by atoms with Gasteiger partial charge in [0.2, 0.25) is 0 Å². The molecule has 0 radical (unpaired) electrons. The Morgan fingerprint density at radius 1 is 1.50 bits per heavy atom. The Labute approximate surface area is 81.2 Å². The largest absolute Gasteiger partial charge is 0.481 e. The van der Waals surface area contributed by atoms with Gasteiger partial charge in [0.15, 0.2) is 5.43 Å². The van der Waals surface area contributed by atoms with Crippen LogP contribution in [0.15, 0.2) is 21.5 Å². The maximum absolute atomic E-state index is 11.5. The van der Waals surface area contributed by atoms with Gasteiger partial charge in [0.05, 0.1) is 17.2 Å². The van der Waals surface area contributed by atoms with Gasteiger partial charge in [-0.15, -0.1) is 0 Å². The first-order valence-corrected chi connectivity index (χ1v) is 4.19. The van der Waals surface area contributed by atoms with Gasteiger partial charge in [0, 0.05) is 6.07 Å². The van der Waals surface area contributed by atoms with Crippen LogP contribution >= 0.6 is 0 Å². The molecule has 1 N–H and O–H groups in total. The lowest BCUT2D eigenvalue weighted by Crippen LogP contribution is -2.34. The number of aliphatic carboxylic acids is 1. The molecule has 76 valence electrons. The fraction of sp³-hybridized carbons (Fsp3) is 0.400. The van der Waals surface area contributed by atoms with Gasteiger partial charge in [-0.05, 0) is 20.8 Å². The van der Waals surface area contributed by atoms with E-state index in [-0.39, 0.29) is 11.0 Å². The summed E-state index contributed by atoms with van der Waals surface area (Å²) in [6.45, 7) is 4.55. The molecule has 0 aliphatic rings. The molecular weight excluding hydrogens is 184 g/mol. The van der Waals surface area contributed by atoms with E-state index in [0.29, 0.717) is 5.76 Å². The van der Waals surface area contributed by atoms with Crippen LogP contribution in [0.5, 0.6) is 0 Å². The SMILES string of the molecule is Cc1occc(=O)c1C(C)(C)C(=O)O. The third-order valence-electron chi connectivity index (χ3n) is 2.22. The molecule has 0 saturated carbocycles. The molecule has 1 rings (SSSR count). The third kappa shape index (κ3) is 1.55. The topological polar surface area (TPSA) is 67.5 Å². The minimum Gasteiger partial charge on any atom is -0.481 e. The zero-order chi connectivity index (χ0) is 10.9. The van der Waals surface area contributed by atoms with Crippen LogP contribution < -0.4 is 5.43 Å². The number of hydrogen-bond acceptors (Lipinski definition) is 3. The normalized spacial score (nSPS) is 11.4. The van der Waals surface area contributed by atoms with Crippen molar-refractivity contribution in [1.29, 1.82) is 0 Å². The lowest BCUT2D eigenvalue weighted by atomic mass is 9.84. The molecule has 4 nitrogen and oxygen atoms in total.